The number of alkyl halides is 3. The zero-order valence-electron chi connectivity index (χ0n) is 37.0. The number of ether oxygens (including phenoxy) is 1. The average molecular weight is 931 g/mol. The van der Waals surface area contributed by atoms with Gasteiger partial charge in [-0.05, 0) is 87.6 Å². The number of aromatic amines is 1. The Labute approximate surface area is 373 Å². The fourth-order valence-electron chi connectivity index (χ4n) is 7.69. The van der Waals surface area contributed by atoms with Crippen molar-refractivity contribution in [1.82, 2.24) is 24.9 Å². The van der Waals surface area contributed by atoms with Gasteiger partial charge < -0.3 is 25.3 Å². The highest BCUT2D eigenvalue weighted by molar-refractivity contribution is 7.91. The number of likely N-dealkylation sites (tertiary alicyclic amines) is 1. The van der Waals surface area contributed by atoms with Crippen LogP contribution in [0.3, 0.4) is 0 Å². The van der Waals surface area contributed by atoms with Crippen molar-refractivity contribution in [3.63, 3.8) is 0 Å². The highest BCUT2D eigenvalue weighted by Crippen LogP contribution is 2.47. The Hall–Kier alpha value is -5.30. The van der Waals surface area contributed by atoms with Gasteiger partial charge in [0.15, 0.2) is 5.43 Å². The maximum absolute atomic E-state index is 14.1. The van der Waals surface area contributed by atoms with Crippen molar-refractivity contribution in [2.75, 3.05) is 19.0 Å². The predicted molar refractivity (Wildman–Crippen MR) is 238 cm³/mol. The normalized spacial score (nSPS) is 20.8. The summed E-state index contributed by atoms with van der Waals surface area (Å²) < 4.78 is 85.7. The maximum atomic E-state index is 14.1. The zero-order chi connectivity index (χ0) is 47.3. The van der Waals surface area contributed by atoms with E-state index in [-0.39, 0.29) is 30.5 Å². The minimum absolute atomic E-state index is 0.00389. The fraction of sp³-hybridized carbons (Fsp3) is 0.489. The van der Waals surface area contributed by atoms with Crippen LogP contribution in [0.15, 0.2) is 59.2 Å². The molecular formula is C45H54F4N6O7S2. The van der Waals surface area contributed by atoms with E-state index in [0.29, 0.717) is 42.7 Å². The molecule has 3 aliphatic rings. The molecule has 4 N–H and O–H groups in total. The number of aryl methyl sites for hydroxylation is 1. The summed E-state index contributed by atoms with van der Waals surface area (Å²) in [7, 11) is -2.34. The first kappa shape index (κ1) is 48.2. The Morgan fingerprint density at radius 2 is 1.80 bits per heavy atom. The molecule has 2 saturated carbocycles. The van der Waals surface area contributed by atoms with Gasteiger partial charge in [-0.3, -0.25) is 23.9 Å². The molecular weight excluding hydrogens is 877 g/mol. The molecule has 3 fully saturated rings. The summed E-state index contributed by atoms with van der Waals surface area (Å²) >= 11 is 1.55. The quantitative estimate of drug-likeness (QED) is 0.0815. The molecule has 4 aromatic rings. The number of H-pyrrole nitrogens is 1. The molecule has 2 aromatic heterocycles. The van der Waals surface area contributed by atoms with E-state index >= 15 is 0 Å². The Morgan fingerprint density at radius 3 is 2.36 bits per heavy atom. The number of benzene rings is 2. The summed E-state index contributed by atoms with van der Waals surface area (Å²) in [6.07, 6.45) is -1.70. The summed E-state index contributed by atoms with van der Waals surface area (Å²) in [5.74, 6) is -2.63. The molecule has 3 heterocycles. The molecule has 3 amide bonds. The molecule has 0 radical (unpaired) electrons. The molecule has 64 heavy (non-hydrogen) atoms. The van der Waals surface area contributed by atoms with E-state index in [1.54, 1.807) is 51.4 Å². The molecule has 0 bridgehead atoms. The van der Waals surface area contributed by atoms with Gasteiger partial charge in [-0.15, -0.1) is 17.9 Å². The molecule has 0 spiro atoms. The number of aromatic nitrogens is 2. The molecule has 7 rings (SSSR count). The molecule has 13 nitrogen and oxygen atoms in total. The number of carbonyl (C=O) groups excluding carboxylic acids is 3. The van der Waals surface area contributed by atoms with Crippen molar-refractivity contribution in [2.45, 2.75) is 115 Å². The van der Waals surface area contributed by atoms with Gasteiger partial charge in [-0.25, -0.2) is 17.8 Å². The second kappa shape index (κ2) is 17.6. The Balaban J connectivity index is 0.000000258. The number of nitrogens with zero attached hydrogens (tertiary/aromatic N) is 2. The zero-order valence-corrected chi connectivity index (χ0v) is 38.6. The third-order valence-electron chi connectivity index (χ3n) is 12.1. The number of rotatable bonds is 12. The van der Waals surface area contributed by atoms with Crippen molar-refractivity contribution in [3.05, 3.63) is 87.3 Å². The summed E-state index contributed by atoms with van der Waals surface area (Å²) in [6, 6.07) is 5.01. The lowest BCUT2D eigenvalue weighted by atomic mass is 9.85. The number of nitrogens with one attached hydrogen (secondary N) is 4. The minimum atomic E-state index is -4.80. The second-order valence-corrected chi connectivity index (χ2v) is 21.4. The van der Waals surface area contributed by atoms with Gasteiger partial charge in [0.2, 0.25) is 21.8 Å². The van der Waals surface area contributed by atoms with Crippen LogP contribution in [0.2, 0.25) is 0 Å². The topological polar surface area (TPSA) is 180 Å². The van der Waals surface area contributed by atoms with E-state index < -0.39 is 79.0 Å². The number of amides is 3. The van der Waals surface area contributed by atoms with Crippen LogP contribution < -0.4 is 25.5 Å². The largest absolute Gasteiger partial charge is 0.496 e. The number of fused-ring (bicyclic) bond motifs is 1. The Morgan fingerprint density at radius 1 is 1.11 bits per heavy atom. The molecule has 19 heteroatoms. The summed E-state index contributed by atoms with van der Waals surface area (Å²) in [6.45, 7) is 16.6. The first-order valence-corrected chi connectivity index (χ1v) is 23.2. The van der Waals surface area contributed by atoms with Crippen LogP contribution in [-0.4, -0.2) is 77.0 Å². The summed E-state index contributed by atoms with van der Waals surface area (Å²) in [5, 5.41) is 8.96. The van der Waals surface area contributed by atoms with E-state index in [9.17, 15) is 45.2 Å². The van der Waals surface area contributed by atoms with Crippen LogP contribution in [0.25, 0.3) is 21.6 Å². The highest BCUT2D eigenvalue weighted by atomic mass is 32.2. The molecule has 2 aromatic carbocycles. The number of carbonyl (C=O) groups is 3. The van der Waals surface area contributed by atoms with E-state index in [1.807, 2.05) is 18.4 Å². The number of sulfonamides is 1. The highest BCUT2D eigenvalue weighted by Gasteiger charge is 2.62. The van der Waals surface area contributed by atoms with Gasteiger partial charge in [-0.1, -0.05) is 40.7 Å². The lowest BCUT2D eigenvalue weighted by Crippen LogP contribution is -2.59. The first-order valence-electron chi connectivity index (χ1n) is 20.9. The summed E-state index contributed by atoms with van der Waals surface area (Å²) in [4.78, 5) is 62.1. The Kier molecular flexibility index (Phi) is 13.2. The number of methoxy groups -OCH3 is 1. The SMILES string of the molecule is C=CC1C[C@]1(NC(=O)C1CCCN1C(=O)C(Nc1cc(F)cc(C(F)(F)F)c1)C(C)(C)C)C(=O)NS(=O)(=O)C1(C)CC1.COc1ccc2c(=O)cc(-c3nc(C(C)C)cs3)[nH]c2c1C. The van der Waals surface area contributed by atoms with Crippen molar-refractivity contribution in [2.24, 2.45) is 11.3 Å². The van der Waals surface area contributed by atoms with Crippen molar-refractivity contribution in [3.8, 4) is 16.5 Å². The smallest absolute Gasteiger partial charge is 0.416 e. The molecule has 346 valence electrons. The van der Waals surface area contributed by atoms with Gasteiger partial charge in [0.25, 0.3) is 5.91 Å². The van der Waals surface area contributed by atoms with Crippen LogP contribution >= 0.6 is 11.3 Å². The van der Waals surface area contributed by atoms with Crippen molar-refractivity contribution < 1.29 is 45.1 Å². The third-order valence-corrected chi connectivity index (χ3v) is 15.2. The predicted octanol–water partition coefficient (Wildman–Crippen LogP) is 7.81. The van der Waals surface area contributed by atoms with Crippen LogP contribution in [0.1, 0.15) is 96.4 Å². The number of halogens is 4. The summed E-state index contributed by atoms with van der Waals surface area (Å²) in [5.41, 5.74) is -0.335. The fourth-order valence-corrected chi connectivity index (χ4v) is 9.95. The number of pyridine rings is 1. The van der Waals surface area contributed by atoms with Crippen molar-refractivity contribution >= 4 is 55.7 Å². The minimum Gasteiger partial charge on any atom is -0.496 e. The molecule has 1 aliphatic heterocycles. The second-order valence-electron chi connectivity index (χ2n) is 18.3. The van der Waals surface area contributed by atoms with E-state index in [4.69, 9.17) is 4.74 Å². The first-order chi connectivity index (χ1) is 29.7. The maximum Gasteiger partial charge on any atom is 0.416 e. The standard InChI is InChI=1S/C28H36F4N4O5S.C17H18N2O2S/c1-6-16-15-27(16,24(39)35-42(40,41)26(5)9-10-26)34-22(37)20-8-7-11-36(20)23(38)21(25(2,3)4)33-19-13-17(28(30,31)32)12-18(29)14-19;1-9(2)13-8-22-17(19-13)12-7-14(20)11-5-6-15(21-4)10(3)16(11)18-12/h6,12-14,16,20-21,33H,1,7-11,15H2,2-5H3,(H,34,37)(H,35,39);5-9H,1-4H3,(H,18,20)/t16?,20?,21?,27-;/m1./s1. The van der Waals surface area contributed by atoms with E-state index in [1.165, 1.54) is 17.9 Å². The van der Waals surface area contributed by atoms with Crippen LogP contribution in [0.4, 0.5) is 23.2 Å². The van der Waals surface area contributed by atoms with Gasteiger partial charge in [0.1, 0.15) is 34.2 Å². The Bertz CT molecular complexity index is 2650. The number of anilines is 1. The van der Waals surface area contributed by atoms with Gasteiger partial charge in [0.05, 0.1) is 34.3 Å². The molecule has 3 unspecified atom stereocenters. The van der Waals surface area contributed by atoms with Crippen molar-refractivity contribution in [1.29, 1.82) is 0 Å². The molecule has 4 atom stereocenters. The van der Waals surface area contributed by atoms with E-state index in [0.717, 1.165) is 39.3 Å². The monoisotopic (exact) mass is 930 g/mol. The van der Waals surface area contributed by atoms with Gasteiger partial charge >= 0.3 is 6.18 Å². The average Bonchev–Trinajstić information content (AvgIpc) is 3.96. The van der Waals surface area contributed by atoms with Gasteiger partial charge in [0, 0.05) is 40.5 Å². The van der Waals surface area contributed by atoms with Crippen LogP contribution in [0, 0.1) is 24.1 Å². The lowest BCUT2D eigenvalue weighted by Gasteiger charge is -2.36. The lowest BCUT2D eigenvalue weighted by molar-refractivity contribution is -0.141. The van der Waals surface area contributed by atoms with Crippen LogP contribution in [-0.2, 0) is 30.6 Å². The third kappa shape index (κ3) is 9.84. The molecule has 1 saturated heterocycles. The van der Waals surface area contributed by atoms with Crippen LogP contribution in [0.5, 0.6) is 5.75 Å². The number of hydrogen-bond donors (Lipinski definition) is 4. The van der Waals surface area contributed by atoms with Gasteiger partial charge in [-0.2, -0.15) is 13.2 Å². The number of thiazole rings is 1. The number of hydrogen-bond acceptors (Lipinski definition) is 10. The molecule has 2 aliphatic carbocycles. The van der Waals surface area contributed by atoms with E-state index in [2.05, 4.69) is 45.8 Å².